The van der Waals surface area contributed by atoms with Crippen LogP contribution in [0.15, 0.2) is 48.8 Å². The van der Waals surface area contributed by atoms with Gasteiger partial charge in [-0.15, -0.1) is 0 Å². The molecule has 2 N–H and O–H groups in total. The van der Waals surface area contributed by atoms with Gasteiger partial charge in [0.2, 0.25) is 5.91 Å². The summed E-state index contributed by atoms with van der Waals surface area (Å²) in [6.07, 6.45) is 10.7. The average Bonchev–Trinajstić information content (AvgIpc) is 3.34. The van der Waals surface area contributed by atoms with Crippen LogP contribution in [0.1, 0.15) is 79.1 Å². The monoisotopic (exact) mass is 451 g/mol. The fourth-order valence-corrected chi connectivity index (χ4v) is 4.71. The Bertz CT molecular complexity index is 913. The van der Waals surface area contributed by atoms with Crippen LogP contribution >= 0.6 is 0 Å². The number of carbonyl (C=O) groups excluding carboxylic acids is 2. The second-order valence-electron chi connectivity index (χ2n) is 8.86. The molecule has 7 heteroatoms. The Balaban J connectivity index is 1.47. The molecule has 2 aromatic rings. The van der Waals surface area contributed by atoms with E-state index in [1.54, 1.807) is 24.5 Å². The normalized spacial score (nSPS) is 20.5. The molecule has 2 heterocycles. The largest absolute Gasteiger partial charge is 0.370 e. The first-order valence-electron chi connectivity index (χ1n) is 12.0. The maximum absolute atomic E-state index is 12.7. The Morgan fingerprint density at radius 1 is 1.12 bits per heavy atom. The number of hydrogen-bond acceptors (Lipinski definition) is 6. The van der Waals surface area contributed by atoms with Gasteiger partial charge in [0.05, 0.1) is 12.7 Å². The zero-order chi connectivity index (χ0) is 23.0. The van der Waals surface area contributed by atoms with Gasteiger partial charge in [-0.05, 0) is 43.4 Å². The van der Waals surface area contributed by atoms with Gasteiger partial charge >= 0.3 is 0 Å². The molecule has 1 aromatic heterocycles. The van der Waals surface area contributed by atoms with Crippen LogP contribution in [-0.2, 0) is 14.3 Å². The minimum Gasteiger partial charge on any atom is -0.370 e. The Morgan fingerprint density at radius 2 is 1.91 bits per heavy atom. The van der Waals surface area contributed by atoms with Crippen molar-refractivity contribution in [2.24, 2.45) is 5.73 Å². The molecule has 1 saturated heterocycles. The van der Waals surface area contributed by atoms with E-state index in [1.165, 1.54) is 19.3 Å². The number of rotatable bonds is 10. The molecule has 1 saturated carbocycles. The molecular formula is C26H33N3O4. The number of ketones is 1. The lowest BCUT2D eigenvalue weighted by atomic mass is 9.97. The highest BCUT2D eigenvalue weighted by Gasteiger charge is 2.34. The lowest BCUT2D eigenvalue weighted by molar-refractivity contribution is -0.142. The minimum atomic E-state index is -0.283. The van der Waals surface area contributed by atoms with E-state index >= 15 is 0 Å². The second-order valence-corrected chi connectivity index (χ2v) is 8.86. The van der Waals surface area contributed by atoms with Gasteiger partial charge in [0, 0.05) is 36.5 Å². The van der Waals surface area contributed by atoms with Crippen molar-refractivity contribution < 1.29 is 19.1 Å². The highest BCUT2D eigenvalue weighted by atomic mass is 16.5. The van der Waals surface area contributed by atoms with Crippen molar-refractivity contribution >= 4 is 11.7 Å². The van der Waals surface area contributed by atoms with E-state index in [9.17, 15) is 9.59 Å². The van der Waals surface area contributed by atoms with Crippen LogP contribution in [0.2, 0.25) is 0 Å². The Kier molecular flexibility index (Phi) is 8.20. The van der Waals surface area contributed by atoms with E-state index in [0.717, 1.165) is 31.4 Å². The predicted octanol–water partition coefficient (Wildman–Crippen LogP) is 3.97. The minimum absolute atomic E-state index is 0.0520. The molecule has 2 atom stereocenters. The molecule has 0 radical (unpaired) electrons. The average molecular weight is 452 g/mol. The molecule has 1 aliphatic carbocycles. The number of hydrogen-bond donors (Lipinski definition) is 1. The molecule has 1 amide bonds. The fourth-order valence-electron chi connectivity index (χ4n) is 4.71. The summed E-state index contributed by atoms with van der Waals surface area (Å²) in [5.41, 5.74) is 7.54. The Morgan fingerprint density at radius 3 is 2.61 bits per heavy atom. The first-order valence-corrected chi connectivity index (χ1v) is 12.0. The summed E-state index contributed by atoms with van der Waals surface area (Å²) in [5.74, 6) is -0.335. The Hall–Kier alpha value is -2.61. The topological polar surface area (TPSA) is 94.8 Å². The molecule has 1 aromatic carbocycles. The van der Waals surface area contributed by atoms with Crippen LogP contribution in [0.3, 0.4) is 0 Å². The summed E-state index contributed by atoms with van der Waals surface area (Å²) >= 11 is 0. The molecule has 33 heavy (non-hydrogen) atoms. The van der Waals surface area contributed by atoms with Crippen LogP contribution < -0.4 is 5.73 Å². The van der Waals surface area contributed by atoms with Gasteiger partial charge in [0.1, 0.15) is 12.5 Å². The zero-order valence-electron chi connectivity index (χ0n) is 19.0. The molecule has 176 valence electrons. The molecular weight excluding hydrogens is 418 g/mol. The first-order chi connectivity index (χ1) is 16.1. The van der Waals surface area contributed by atoms with Crippen molar-refractivity contribution in [1.29, 1.82) is 0 Å². The lowest BCUT2D eigenvalue weighted by Crippen LogP contribution is -2.40. The van der Waals surface area contributed by atoms with E-state index in [0.29, 0.717) is 30.6 Å². The van der Waals surface area contributed by atoms with Crippen molar-refractivity contribution in [1.82, 2.24) is 9.88 Å². The highest BCUT2D eigenvalue weighted by Crippen LogP contribution is 2.33. The van der Waals surface area contributed by atoms with Crippen molar-refractivity contribution in [2.75, 3.05) is 13.2 Å². The van der Waals surface area contributed by atoms with Gasteiger partial charge in [-0.1, -0.05) is 43.5 Å². The van der Waals surface area contributed by atoms with E-state index in [4.69, 9.17) is 15.2 Å². The number of pyridine rings is 1. The third-order valence-electron chi connectivity index (χ3n) is 6.45. The summed E-state index contributed by atoms with van der Waals surface area (Å²) < 4.78 is 12.7. The fraction of sp³-hybridized carbons (Fsp3) is 0.500. The van der Waals surface area contributed by atoms with Crippen LogP contribution in [0.5, 0.6) is 0 Å². The summed E-state index contributed by atoms with van der Waals surface area (Å²) in [4.78, 5) is 30.3. The van der Waals surface area contributed by atoms with Gasteiger partial charge in [-0.25, -0.2) is 4.90 Å². The van der Waals surface area contributed by atoms with E-state index in [2.05, 4.69) is 9.88 Å². The van der Waals surface area contributed by atoms with Crippen LogP contribution in [0.4, 0.5) is 0 Å². The van der Waals surface area contributed by atoms with Crippen molar-refractivity contribution in [3.05, 3.63) is 65.5 Å². The van der Waals surface area contributed by atoms with E-state index in [-0.39, 0.29) is 30.3 Å². The van der Waals surface area contributed by atoms with Crippen LogP contribution in [0.25, 0.3) is 0 Å². The predicted molar refractivity (Wildman–Crippen MR) is 124 cm³/mol. The quantitative estimate of drug-likeness (QED) is 0.549. The van der Waals surface area contributed by atoms with Gasteiger partial charge in [0.15, 0.2) is 5.78 Å². The van der Waals surface area contributed by atoms with Crippen molar-refractivity contribution in [2.45, 2.75) is 69.9 Å². The number of benzene rings is 1. The number of ether oxygens (including phenoxy) is 2. The van der Waals surface area contributed by atoms with Gasteiger partial charge < -0.3 is 15.2 Å². The molecule has 0 bridgehead atoms. The summed E-state index contributed by atoms with van der Waals surface area (Å²) in [6.45, 7) is 1.37. The molecule has 1 aliphatic heterocycles. The van der Waals surface area contributed by atoms with Gasteiger partial charge in [0.25, 0.3) is 0 Å². The zero-order valence-corrected chi connectivity index (χ0v) is 19.0. The maximum atomic E-state index is 12.7. The Labute approximate surface area is 195 Å². The van der Waals surface area contributed by atoms with Gasteiger partial charge in [-0.2, -0.15) is 0 Å². The molecule has 7 nitrogen and oxygen atoms in total. The third-order valence-corrected chi connectivity index (χ3v) is 6.45. The molecule has 4 rings (SSSR count). The lowest BCUT2D eigenvalue weighted by Gasteiger charge is -2.35. The maximum Gasteiger partial charge on any atom is 0.217 e. The third kappa shape index (κ3) is 6.25. The van der Waals surface area contributed by atoms with Crippen molar-refractivity contribution in [3.8, 4) is 0 Å². The van der Waals surface area contributed by atoms with E-state index < -0.39 is 0 Å². The summed E-state index contributed by atoms with van der Waals surface area (Å²) in [6, 6.07) is 11.1. The van der Waals surface area contributed by atoms with Crippen molar-refractivity contribution in [3.63, 3.8) is 0 Å². The number of aromatic nitrogens is 1. The number of amides is 1. The summed E-state index contributed by atoms with van der Waals surface area (Å²) in [5, 5.41) is 0. The molecule has 0 spiro atoms. The van der Waals surface area contributed by atoms with Crippen LogP contribution in [-0.4, -0.2) is 47.1 Å². The SMILES string of the molecule is NC(=O)CCCC(OC1CCCCC1)N1CCOC1c1ccc(C(=O)c2cccnc2)cc1. The molecule has 2 aliphatic rings. The first kappa shape index (κ1) is 23.5. The second kappa shape index (κ2) is 11.5. The standard InChI is InChI=1S/C26H33N3O4/c27-23(30)9-4-10-24(33-22-7-2-1-3-8-22)29-16-17-32-26(29)20-13-11-19(12-14-20)25(31)21-6-5-15-28-18-21/h5-6,11-15,18,22,24,26H,1-4,7-10,16-17H2,(H2,27,30). The number of nitrogens with two attached hydrogens (primary N) is 1. The number of carbonyl (C=O) groups is 2. The number of primary amides is 1. The molecule has 2 unspecified atom stereocenters. The van der Waals surface area contributed by atoms with E-state index in [1.807, 2.05) is 24.3 Å². The highest BCUT2D eigenvalue weighted by molar-refractivity contribution is 6.08. The summed E-state index contributed by atoms with van der Waals surface area (Å²) in [7, 11) is 0. The number of nitrogens with zero attached hydrogens (tertiary/aromatic N) is 2. The van der Waals surface area contributed by atoms with Crippen LogP contribution in [0, 0.1) is 0 Å². The van der Waals surface area contributed by atoms with Gasteiger partial charge in [-0.3, -0.25) is 14.6 Å². The smallest absolute Gasteiger partial charge is 0.217 e. The molecule has 2 fully saturated rings.